The van der Waals surface area contributed by atoms with Crippen molar-refractivity contribution in [2.24, 2.45) is 0 Å². The molecule has 1 atom stereocenters. The number of nitrogens with one attached hydrogen (secondary N) is 2. The van der Waals surface area contributed by atoms with Crippen LogP contribution in [-0.4, -0.2) is 29.7 Å². The van der Waals surface area contributed by atoms with Crippen molar-refractivity contribution in [1.82, 2.24) is 10.6 Å². The summed E-state index contributed by atoms with van der Waals surface area (Å²) in [4.78, 5) is 23.1. The van der Waals surface area contributed by atoms with Gasteiger partial charge in [0.05, 0.1) is 11.6 Å². The van der Waals surface area contributed by atoms with Crippen molar-refractivity contribution in [3.8, 4) is 6.07 Å². The average Bonchev–Trinajstić information content (AvgIpc) is 2.67. The summed E-state index contributed by atoms with van der Waals surface area (Å²) < 4.78 is 0. The minimum absolute atomic E-state index is 0.00126. The SMILES string of the molecule is N#Cc1cccc(CCNC(=O)NC(CCC(=O)O)Cc2ccccc2)c1. The maximum absolute atomic E-state index is 12.2. The van der Waals surface area contributed by atoms with Crippen LogP contribution < -0.4 is 10.6 Å². The van der Waals surface area contributed by atoms with Crippen molar-refractivity contribution < 1.29 is 14.7 Å². The normalized spacial score (nSPS) is 11.2. The fourth-order valence-corrected chi connectivity index (χ4v) is 2.77. The van der Waals surface area contributed by atoms with Crippen LogP contribution in [0.1, 0.15) is 29.5 Å². The van der Waals surface area contributed by atoms with Crippen LogP contribution in [0.15, 0.2) is 54.6 Å². The Balaban J connectivity index is 1.84. The molecule has 0 aliphatic carbocycles. The summed E-state index contributed by atoms with van der Waals surface area (Å²) in [5.41, 5.74) is 2.61. The standard InChI is InChI=1S/C21H23N3O3/c22-15-18-8-4-7-17(13-18)11-12-23-21(27)24-19(9-10-20(25)26)14-16-5-2-1-3-6-16/h1-8,13,19H,9-12,14H2,(H,25,26)(H2,23,24,27). The van der Waals surface area contributed by atoms with E-state index in [4.69, 9.17) is 10.4 Å². The molecule has 6 nitrogen and oxygen atoms in total. The van der Waals surface area contributed by atoms with Crippen molar-refractivity contribution in [1.29, 1.82) is 5.26 Å². The van der Waals surface area contributed by atoms with E-state index in [0.717, 1.165) is 11.1 Å². The molecule has 2 rings (SSSR count). The van der Waals surface area contributed by atoms with Gasteiger partial charge in [-0.05, 0) is 42.5 Å². The van der Waals surface area contributed by atoms with Gasteiger partial charge in [0, 0.05) is 19.0 Å². The van der Waals surface area contributed by atoms with Gasteiger partial charge in [0.2, 0.25) is 0 Å². The zero-order chi connectivity index (χ0) is 19.5. The van der Waals surface area contributed by atoms with Crippen LogP contribution in [0.2, 0.25) is 0 Å². The molecule has 0 radical (unpaired) electrons. The molecule has 2 amide bonds. The Kier molecular flexibility index (Phi) is 7.86. The van der Waals surface area contributed by atoms with Crippen molar-refractivity contribution in [2.45, 2.75) is 31.7 Å². The van der Waals surface area contributed by atoms with Gasteiger partial charge in [0.1, 0.15) is 0 Å². The molecule has 1 unspecified atom stereocenters. The molecular formula is C21H23N3O3. The second-order valence-electron chi connectivity index (χ2n) is 6.28. The fourth-order valence-electron chi connectivity index (χ4n) is 2.77. The average molecular weight is 365 g/mol. The van der Waals surface area contributed by atoms with Crippen LogP contribution in [0.25, 0.3) is 0 Å². The Morgan fingerprint density at radius 2 is 1.81 bits per heavy atom. The first-order valence-corrected chi connectivity index (χ1v) is 8.86. The van der Waals surface area contributed by atoms with E-state index in [1.165, 1.54) is 0 Å². The van der Waals surface area contributed by atoms with E-state index in [9.17, 15) is 9.59 Å². The van der Waals surface area contributed by atoms with Gasteiger partial charge in [-0.2, -0.15) is 5.26 Å². The molecule has 0 spiro atoms. The zero-order valence-electron chi connectivity index (χ0n) is 15.0. The molecule has 0 heterocycles. The Morgan fingerprint density at radius 1 is 1.07 bits per heavy atom. The first-order chi connectivity index (χ1) is 13.1. The summed E-state index contributed by atoms with van der Waals surface area (Å²) in [5.74, 6) is -0.882. The summed E-state index contributed by atoms with van der Waals surface area (Å²) in [6.07, 6.45) is 1.55. The molecule has 0 aromatic heterocycles. The van der Waals surface area contributed by atoms with Gasteiger partial charge >= 0.3 is 12.0 Å². The molecule has 0 saturated carbocycles. The van der Waals surface area contributed by atoms with Gasteiger partial charge in [-0.1, -0.05) is 42.5 Å². The number of nitrogens with zero attached hydrogens (tertiary/aromatic N) is 1. The lowest BCUT2D eigenvalue weighted by Gasteiger charge is -2.19. The van der Waals surface area contributed by atoms with Crippen LogP contribution >= 0.6 is 0 Å². The lowest BCUT2D eigenvalue weighted by molar-refractivity contribution is -0.137. The van der Waals surface area contributed by atoms with Crippen LogP contribution in [0.3, 0.4) is 0 Å². The highest BCUT2D eigenvalue weighted by molar-refractivity contribution is 5.74. The molecule has 27 heavy (non-hydrogen) atoms. The predicted octanol–water partition coefficient (Wildman–Crippen LogP) is 2.88. The molecule has 0 fully saturated rings. The maximum Gasteiger partial charge on any atom is 0.315 e. The molecule has 3 N–H and O–H groups in total. The molecule has 2 aromatic rings. The molecular weight excluding hydrogens is 342 g/mol. The number of hydrogen-bond acceptors (Lipinski definition) is 3. The first kappa shape index (κ1) is 20.0. The van der Waals surface area contributed by atoms with Crippen LogP contribution in [0.4, 0.5) is 4.79 Å². The number of amides is 2. The van der Waals surface area contributed by atoms with Crippen molar-refractivity contribution in [3.63, 3.8) is 0 Å². The van der Waals surface area contributed by atoms with Gasteiger partial charge in [-0.25, -0.2) is 4.79 Å². The highest BCUT2D eigenvalue weighted by Crippen LogP contribution is 2.08. The predicted molar refractivity (Wildman–Crippen MR) is 102 cm³/mol. The number of aliphatic carboxylic acids is 1. The van der Waals surface area contributed by atoms with Crippen LogP contribution in [-0.2, 0) is 17.6 Å². The van der Waals surface area contributed by atoms with E-state index in [2.05, 4.69) is 16.7 Å². The third-order valence-electron chi connectivity index (χ3n) is 4.12. The summed E-state index contributed by atoms with van der Waals surface area (Å²) >= 11 is 0. The molecule has 2 aromatic carbocycles. The van der Waals surface area contributed by atoms with E-state index < -0.39 is 5.97 Å². The van der Waals surface area contributed by atoms with Gasteiger partial charge in [0.25, 0.3) is 0 Å². The molecule has 0 aliphatic heterocycles. The zero-order valence-corrected chi connectivity index (χ0v) is 15.0. The molecule has 140 valence electrons. The number of urea groups is 1. The van der Waals surface area contributed by atoms with E-state index >= 15 is 0 Å². The monoisotopic (exact) mass is 365 g/mol. The van der Waals surface area contributed by atoms with Gasteiger partial charge in [-0.3, -0.25) is 4.79 Å². The number of carboxylic acids is 1. The van der Waals surface area contributed by atoms with Crippen molar-refractivity contribution >= 4 is 12.0 Å². The highest BCUT2D eigenvalue weighted by Gasteiger charge is 2.14. The second kappa shape index (κ2) is 10.6. The van der Waals surface area contributed by atoms with Gasteiger partial charge in [0.15, 0.2) is 0 Å². The van der Waals surface area contributed by atoms with Crippen molar-refractivity contribution in [2.75, 3.05) is 6.54 Å². The van der Waals surface area contributed by atoms with Gasteiger partial charge < -0.3 is 15.7 Å². The van der Waals surface area contributed by atoms with E-state index in [1.807, 2.05) is 42.5 Å². The Hall–Kier alpha value is -3.33. The Bertz CT molecular complexity index is 800. The molecule has 0 saturated heterocycles. The van der Waals surface area contributed by atoms with Crippen LogP contribution in [0.5, 0.6) is 0 Å². The number of carboxylic acid groups (broad SMARTS) is 1. The third-order valence-corrected chi connectivity index (χ3v) is 4.12. The fraction of sp³-hybridized carbons (Fsp3) is 0.286. The summed E-state index contributed by atoms with van der Waals surface area (Å²) in [6, 6.07) is 18.4. The van der Waals surface area contributed by atoms with E-state index in [0.29, 0.717) is 31.4 Å². The number of carbonyl (C=O) groups is 2. The minimum Gasteiger partial charge on any atom is -0.481 e. The summed E-state index contributed by atoms with van der Waals surface area (Å²) in [6.45, 7) is 0.428. The van der Waals surface area contributed by atoms with Gasteiger partial charge in [-0.15, -0.1) is 0 Å². The Morgan fingerprint density at radius 3 is 2.52 bits per heavy atom. The number of rotatable bonds is 9. The number of hydrogen-bond donors (Lipinski definition) is 3. The largest absolute Gasteiger partial charge is 0.481 e. The molecule has 0 bridgehead atoms. The first-order valence-electron chi connectivity index (χ1n) is 8.86. The molecule has 0 aliphatic rings. The minimum atomic E-state index is -0.882. The smallest absolute Gasteiger partial charge is 0.315 e. The maximum atomic E-state index is 12.2. The topological polar surface area (TPSA) is 102 Å². The lowest BCUT2D eigenvalue weighted by Crippen LogP contribution is -2.44. The molecule has 6 heteroatoms. The second-order valence-corrected chi connectivity index (χ2v) is 6.28. The summed E-state index contributed by atoms with van der Waals surface area (Å²) in [5, 5.41) is 23.5. The summed E-state index contributed by atoms with van der Waals surface area (Å²) in [7, 11) is 0. The van der Waals surface area contributed by atoms with Crippen LogP contribution in [0, 0.1) is 11.3 Å². The highest BCUT2D eigenvalue weighted by atomic mass is 16.4. The van der Waals surface area contributed by atoms with E-state index in [1.54, 1.807) is 12.1 Å². The number of carbonyl (C=O) groups excluding carboxylic acids is 1. The quantitative estimate of drug-likeness (QED) is 0.636. The Labute approximate surface area is 158 Å². The van der Waals surface area contributed by atoms with E-state index in [-0.39, 0.29) is 18.5 Å². The third kappa shape index (κ3) is 7.61. The van der Waals surface area contributed by atoms with Crippen molar-refractivity contribution in [3.05, 3.63) is 71.3 Å². The number of nitriles is 1. The number of benzene rings is 2. The lowest BCUT2D eigenvalue weighted by atomic mass is 10.0.